The summed E-state index contributed by atoms with van der Waals surface area (Å²) in [6.45, 7) is 5.06. The molecule has 0 unspecified atom stereocenters. The van der Waals surface area contributed by atoms with Crippen molar-refractivity contribution in [1.29, 1.82) is 0 Å². The first-order chi connectivity index (χ1) is 8.52. The topological polar surface area (TPSA) is 40.5 Å². The Balaban J connectivity index is 1.87. The van der Waals surface area contributed by atoms with E-state index in [0.29, 0.717) is 19.5 Å². The highest BCUT2D eigenvalue weighted by molar-refractivity contribution is 5.80. The maximum atomic E-state index is 12.0. The standard InChI is InChI=1S/C15H21NO2/c1-3-7-15(18)10-16(11-15)14(17)9-13-6-4-5-12(2)8-13/h4-6,8,18H,3,7,9-11H2,1-2H3. The van der Waals surface area contributed by atoms with Crippen molar-refractivity contribution in [3.63, 3.8) is 0 Å². The molecule has 1 aromatic rings. The van der Waals surface area contributed by atoms with Gasteiger partial charge in [-0.3, -0.25) is 4.79 Å². The Morgan fingerprint density at radius 3 is 2.78 bits per heavy atom. The lowest BCUT2D eigenvalue weighted by molar-refractivity contribution is -0.155. The highest BCUT2D eigenvalue weighted by Gasteiger charge is 2.42. The van der Waals surface area contributed by atoms with Gasteiger partial charge in [-0.25, -0.2) is 0 Å². The summed E-state index contributed by atoms with van der Waals surface area (Å²) in [6, 6.07) is 8.01. The van der Waals surface area contributed by atoms with Crippen LogP contribution in [0.4, 0.5) is 0 Å². The number of aliphatic hydroxyl groups is 1. The van der Waals surface area contributed by atoms with E-state index < -0.39 is 5.60 Å². The van der Waals surface area contributed by atoms with Gasteiger partial charge in [0.1, 0.15) is 0 Å². The number of aryl methyl sites for hydroxylation is 1. The first-order valence-corrected chi connectivity index (χ1v) is 6.58. The van der Waals surface area contributed by atoms with Crippen LogP contribution in [0.3, 0.4) is 0 Å². The van der Waals surface area contributed by atoms with E-state index in [1.165, 1.54) is 5.56 Å². The van der Waals surface area contributed by atoms with Gasteiger partial charge in [0.05, 0.1) is 25.1 Å². The average Bonchev–Trinajstić information content (AvgIpc) is 2.26. The van der Waals surface area contributed by atoms with Gasteiger partial charge in [-0.2, -0.15) is 0 Å². The number of carbonyl (C=O) groups is 1. The third kappa shape index (κ3) is 2.91. The molecule has 18 heavy (non-hydrogen) atoms. The largest absolute Gasteiger partial charge is 0.386 e. The highest BCUT2D eigenvalue weighted by atomic mass is 16.3. The molecule has 1 fully saturated rings. The van der Waals surface area contributed by atoms with E-state index in [0.717, 1.165) is 18.4 Å². The normalized spacial score (nSPS) is 17.4. The van der Waals surface area contributed by atoms with Crippen LogP contribution < -0.4 is 0 Å². The molecule has 0 atom stereocenters. The summed E-state index contributed by atoms with van der Waals surface area (Å²) < 4.78 is 0. The lowest BCUT2D eigenvalue weighted by atomic mass is 9.89. The third-order valence-corrected chi connectivity index (χ3v) is 3.48. The number of hydrogen-bond acceptors (Lipinski definition) is 2. The van der Waals surface area contributed by atoms with Crippen LogP contribution in [0.1, 0.15) is 30.9 Å². The molecule has 1 saturated heterocycles. The van der Waals surface area contributed by atoms with Crippen LogP contribution >= 0.6 is 0 Å². The van der Waals surface area contributed by atoms with Gasteiger partial charge in [0.2, 0.25) is 5.91 Å². The molecule has 1 aromatic carbocycles. The summed E-state index contributed by atoms with van der Waals surface area (Å²) >= 11 is 0. The molecule has 1 heterocycles. The van der Waals surface area contributed by atoms with Gasteiger partial charge >= 0.3 is 0 Å². The highest BCUT2D eigenvalue weighted by Crippen LogP contribution is 2.26. The number of likely N-dealkylation sites (tertiary alicyclic amines) is 1. The van der Waals surface area contributed by atoms with E-state index in [9.17, 15) is 9.90 Å². The monoisotopic (exact) mass is 247 g/mol. The Morgan fingerprint density at radius 2 is 2.17 bits per heavy atom. The fourth-order valence-electron chi connectivity index (χ4n) is 2.57. The van der Waals surface area contributed by atoms with Gasteiger partial charge in [-0.15, -0.1) is 0 Å². The summed E-state index contributed by atoms with van der Waals surface area (Å²) in [5.41, 5.74) is 1.59. The summed E-state index contributed by atoms with van der Waals surface area (Å²) in [4.78, 5) is 13.8. The number of amides is 1. The lowest BCUT2D eigenvalue weighted by Gasteiger charge is -2.46. The zero-order valence-corrected chi connectivity index (χ0v) is 11.1. The molecule has 0 aromatic heterocycles. The molecule has 0 spiro atoms. The molecular weight excluding hydrogens is 226 g/mol. The lowest BCUT2D eigenvalue weighted by Crippen LogP contribution is -2.63. The van der Waals surface area contributed by atoms with Crippen molar-refractivity contribution in [2.75, 3.05) is 13.1 Å². The number of benzene rings is 1. The minimum atomic E-state index is -0.628. The minimum absolute atomic E-state index is 0.112. The summed E-state index contributed by atoms with van der Waals surface area (Å²) in [7, 11) is 0. The second kappa shape index (κ2) is 5.11. The molecule has 0 radical (unpaired) electrons. The number of β-amino-alcohol motifs (C(OH)–C–C–N with tert-alkyl or cyclic N) is 1. The number of rotatable bonds is 4. The third-order valence-electron chi connectivity index (χ3n) is 3.48. The van der Waals surface area contributed by atoms with E-state index in [-0.39, 0.29) is 5.91 Å². The quantitative estimate of drug-likeness (QED) is 0.883. The molecule has 2 rings (SSSR count). The number of nitrogens with zero attached hydrogens (tertiary/aromatic N) is 1. The maximum absolute atomic E-state index is 12.0. The van der Waals surface area contributed by atoms with E-state index in [4.69, 9.17) is 0 Å². The minimum Gasteiger partial charge on any atom is -0.386 e. The average molecular weight is 247 g/mol. The summed E-state index contributed by atoms with van der Waals surface area (Å²) in [5.74, 6) is 0.112. The molecule has 1 aliphatic rings. The van der Waals surface area contributed by atoms with Gasteiger partial charge in [0.15, 0.2) is 0 Å². The van der Waals surface area contributed by atoms with Crippen LogP contribution in [-0.4, -0.2) is 34.6 Å². The van der Waals surface area contributed by atoms with Crippen LogP contribution in [0.2, 0.25) is 0 Å². The van der Waals surface area contributed by atoms with E-state index in [1.54, 1.807) is 4.90 Å². The zero-order chi connectivity index (χ0) is 13.2. The van der Waals surface area contributed by atoms with Crippen molar-refractivity contribution in [2.24, 2.45) is 0 Å². The van der Waals surface area contributed by atoms with Crippen molar-refractivity contribution in [2.45, 2.75) is 38.7 Å². The van der Waals surface area contributed by atoms with Gasteiger partial charge in [0.25, 0.3) is 0 Å². The predicted octanol–water partition coefficient (Wildman–Crippen LogP) is 1.91. The fourth-order valence-corrected chi connectivity index (χ4v) is 2.57. The summed E-state index contributed by atoms with van der Waals surface area (Å²) in [6.07, 6.45) is 2.17. The van der Waals surface area contributed by atoms with Crippen LogP contribution in [0, 0.1) is 6.92 Å². The van der Waals surface area contributed by atoms with Crippen molar-refractivity contribution in [3.8, 4) is 0 Å². The predicted molar refractivity (Wildman–Crippen MR) is 71.3 cm³/mol. The SMILES string of the molecule is CCCC1(O)CN(C(=O)Cc2cccc(C)c2)C1. The number of carbonyl (C=O) groups excluding carboxylic acids is 1. The van der Waals surface area contributed by atoms with E-state index in [2.05, 4.69) is 6.92 Å². The molecule has 0 aliphatic carbocycles. The molecular formula is C15H21NO2. The molecule has 3 heteroatoms. The fraction of sp³-hybridized carbons (Fsp3) is 0.533. The first kappa shape index (κ1) is 13.1. The second-order valence-corrected chi connectivity index (χ2v) is 5.39. The molecule has 1 aliphatic heterocycles. The Kier molecular flexibility index (Phi) is 3.71. The zero-order valence-electron chi connectivity index (χ0n) is 11.1. The van der Waals surface area contributed by atoms with Crippen LogP contribution in [0.15, 0.2) is 24.3 Å². The number of hydrogen-bond donors (Lipinski definition) is 1. The smallest absolute Gasteiger partial charge is 0.227 e. The Morgan fingerprint density at radius 1 is 1.44 bits per heavy atom. The Bertz CT molecular complexity index is 436. The molecule has 1 amide bonds. The van der Waals surface area contributed by atoms with E-state index >= 15 is 0 Å². The molecule has 98 valence electrons. The molecule has 1 N–H and O–H groups in total. The van der Waals surface area contributed by atoms with E-state index in [1.807, 2.05) is 31.2 Å². The van der Waals surface area contributed by atoms with Crippen molar-refractivity contribution in [3.05, 3.63) is 35.4 Å². The van der Waals surface area contributed by atoms with Crippen molar-refractivity contribution < 1.29 is 9.90 Å². The van der Waals surface area contributed by atoms with Crippen LogP contribution in [0.25, 0.3) is 0 Å². The maximum Gasteiger partial charge on any atom is 0.227 e. The first-order valence-electron chi connectivity index (χ1n) is 6.58. The van der Waals surface area contributed by atoms with Gasteiger partial charge in [0, 0.05) is 0 Å². The van der Waals surface area contributed by atoms with Gasteiger partial charge in [-0.1, -0.05) is 43.2 Å². The molecule has 0 saturated carbocycles. The second-order valence-electron chi connectivity index (χ2n) is 5.39. The van der Waals surface area contributed by atoms with Gasteiger partial charge in [-0.05, 0) is 18.9 Å². The molecule has 3 nitrogen and oxygen atoms in total. The Labute approximate surface area is 108 Å². The van der Waals surface area contributed by atoms with Crippen LogP contribution in [-0.2, 0) is 11.2 Å². The van der Waals surface area contributed by atoms with Crippen molar-refractivity contribution >= 4 is 5.91 Å². The summed E-state index contributed by atoms with van der Waals surface area (Å²) in [5, 5.41) is 10.0. The Hall–Kier alpha value is -1.35. The van der Waals surface area contributed by atoms with Gasteiger partial charge < -0.3 is 10.0 Å². The van der Waals surface area contributed by atoms with Crippen molar-refractivity contribution in [1.82, 2.24) is 4.90 Å². The van der Waals surface area contributed by atoms with Crippen LogP contribution in [0.5, 0.6) is 0 Å². The molecule has 0 bridgehead atoms.